The lowest BCUT2D eigenvalue weighted by Gasteiger charge is -2.40. The van der Waals surface area contributed by atoms with E-state index in [0.29, 0.717) is 24.7 Å². The summed E-state index contributed by atoms with van der Waals surface area (Å²) >= 11 is 0. The van der Waals surface area contributed by atoms with Gasteiger partial charge < -0.3 is 4.74 Å². The van der Waals surface area contributed by atoms with Crippen molar-refractivity contribution in [3.8, 4) is 5.75 Å². The van der Waals surface area contributed by atoms with E-state index in [-0.39, 0.29) is 5.92 Å². The van der Waals surface area contributed by atoms with E-state index in [1.807, 2.05) is 25.1 Å². The second kappa shape index (κ2) is 2.59. The molecule has 0 saturated heterocycles. The maximum absolute atomic E-state index is 11.5. The number of Topliss-reactive ketones (excluding diaryl/α,β-unsaturated/α-hetero) is 1. The van der Waals surface area contributed by atoms with Crippen molar-refractivity contribution in [1.82, 2.24) is 0 Å². The molecular weight excluding hydrogens is 176 g/mol. The Morgan fingerprint density at radius 1 is 1.43 bits per heavy atom. The van der Waals surface area contributed by atoms with Crippen LogP contribution in [-0.2, 0) is 4.79 Å². The van der Waals surface area contributed by atoms with E-state index < -0.39 is 0 Å². The lowest BCUT2D eigenvalue weighted by Crippen LogP contribution is -2.41. The Hall–Kier alpha value is -1.31. The minimum Gasteiger partial charge on any atom is -0.493 e. The zero-order valence-corrected chi connectivity index (χ0v) is 8.12. The van der Waals surface area contributed by atoms with Gasteiger partial charge in [0.05, 0.1) is 12.5 Å². The third-order valence-electron chi connectivity index (χ3n) is 3.30. The Balaban J connectivity index is 2.14. The second-order valence-electron chi connectivity index (χ2n) is 4.21. The number of aryl methyl sites for hydroxylation is 1. The normalized spacial score (nSPS) is 28.5. The van der Waals surface area contributed by atoms with E-state index in [2.05, 4.69) is 0 Å². The van der Waals surface area contributed by atoms with Crippen molar-refractivity contribution in [2.45, 2.75) is 19.3 Å². The molecule has 0 amide bonds. The van der Waals surface area contributed by atoms with Crippen molar-refractivity contribution in [3.63, 3.8) is 0 Å². The summed E-state index contributed by atoms with van der Waals surface area (Å²) in [6.45, 7) is 2.75. The molecule has 1 fully saturated rings. The molecule has 2 aliphatic rings. The first-order valence-electron chi connectivity index (χ1n) is 5.02. The third kappa shape index (κ3) is 0.884. The van der Waals surface area contributed by atoms with Gasteiger partial charge in [0.15, 0.2) is 0 Å². The molecule has 0 N–H and O–H groups in total. The molecule has 14 heavy (non-hydrogen) atoms. The summed E-state index contributed by atoms with van der Waals surface area (Å²) in [5.74, 6) is 1.90. The van der Waals surface area contributed by atoms with Gasteiger partial charge >= 0.3 is 0 Å². The number of carbonyl (C=O) groups excluding carboxylic acids is 1. The second-order valence-corrected chi connectivity index (χ2v) is 4.21. The molecule has 1 saturated carbocycles. The van der Waals surface area contributed by atoms with Gasteiger partial charge in [-0.25, -0.2) is 0 Å². The predicted molar refractivity (Wildman–Crippen MR) is 52.5 cm³/mol. The van der Waals surface area contributed by atoms with E-state index in [4.69, 9.17) is 4.74 Å². The average molecular weight is 188 g/mol. The van der Waals surface area contributed by atoms with E-state index in [9.17, 15) is 4.79 Å². The van der Waals surface area contributed by atoms with Crippen LogP contribution < -0.4 is 4.74 Å². The highest BCUT2D eigenvalue weighted by molar-refractivity contribution is 5.93. The quantitative estimate of drug-likeness (QED) is 0.623. The van der Waals surface area contributed by atoms with Crippen LogP contribution in [0, 0.1) is 12.8 Å². The van der Waals surface area contributed by atoms with Gasteiger partial charge in [-0.1, -0.05) is 18.2 Å². The highest BCUT2D eigenvalue weighted by Gasteiger charge is 2.45. The number of fused-ring (bicyclic) bond motifs is 3. The molecule has 2 nitrogen and oxygen atoms in total. The Kier molecular flexibility index (Phi) is 1.49. The molecule has 0 radical (unpaired) electrons. The molecule has 2 atom stereocenters. The van der Waals surface area contributed by atoms with E-state index in [0.717, 1.165) is 16.9 Å². The highest BCUT2D eigenvalue weighted by atomic mass is 16.5. The van der Waals surface area contributed by atoms with Crippen molar-refractivity contribution in [2.24, 2.45) is 5.92 Å². The Bertz CT molecular complexity index is 409. The zero-order valence-electron chi connectivity index (χ0n) is 8.12. The molecular formula is C12H12O2. The fraction of sp³-hybridized carbons (Fsp3) is 0.417. The van der Waals surface area contributed by atoms with Gasteiger partial charge in [-0.05, 0) is 12.5 Å². The van der Waals surface area contributed by atoms with Crippen LogP contribution in [0.25, 0.3) is 0 Å². The lowest BCUT2D eigenvalue weighted by atomic mass is 9.67. The van der Waals surface area contributed by atoms with Crippen LogP contribution >= 0.6 is 0 Å². The fourth-order valence-corrected chi connectivity index (χ4v) is 2.50. The highest BCUT2D eigenvalue weighted by Crippen LogP contribution is 2.47. The van der Waals surface area contributed by atoms with Crippen LogP contribution in [-0.4, -0.2) is 12.4 Å². The third-order valence-corrected chi connectivity index (χ3v) is 3.30. The summed E-state index contributed by atoms with van der Waals surface area (Å²) in [4.78, 5) is 11.5. The lowest BCUT2D eigenvalue weighted by molar-refractivity contribution is -0.131. The van der Waals surface area contributed by atoms with E-state index in [1.54, 1.807) is 0 Å². The number of hydrogen-bond acceptors (Lipinski definition) is 2. The van der Waals surface area contributed by atoms with Gasteiger partial charge in [0.1, 0.15) is 11.5 Å². The molecule has 1 aromatic rings. The molecule has 1 aliphatic carbocycles. The number of para-hydroxylation sites is 1. The maximum atomic E-state index is 11.5. The minimum atomic E-state index is 0.138. The first kappa shape index (κ1) is 8.04. The Labute approximate surface area is 82.9 Å². The van der Waals surface area contributed by atoms with Gasteiger partial charge in [-0.15, -0.1) is 0 Å². The van der Waals surface area contributed by atoms with Gasteiger partial charge in [0, 0.05) is 17.9 Å². The van der Waals surface area contributed by atoms with Gasteiger partial charge in [-0.2, -0.15) is 0 Å². The molecule has 1 heterocycles. The van der Waals surface area contributed by atoms with Crippen LogP contribution in [0.4, 0.5) is 0 Å². The number of hydrogen-bond donors (Lipinski definition) is 0. The molecule has 0 aromatic heterocycles. The van der Waals surface area contributed by atoms with E-state index >= 15 is 0 Å². The summed E-state index contributed by atoms with van der Waals surface area (Å²) in [7, 11) is 0. The standard InChI is InChI=1S/C12H12O2/c1-7-3-2-4-9-11-8(5-10(11)13)6-14-12(7)9/h2-4,8,11H,5-6H2,1H3/t8-,11-/m0/s1. The van der Waals surface area contributed by atoms with Crippen molar-refractivity contribution in [1.29, 1.82) is 0 Å². The van der Waals surface area contributed by atoms with Gasteiger partial charge in [0.25, 0.3) is 0 Å². The van der Waals surface area contributed by atoms with Crippen molar-refractivity contribution < 1.29 is 9.53 Å². The van der Waals surface area contributed by atoms with Gasteiger partial charge in [0.2, 0.25) is 0 Å². The smallest absolute Gasteiger partial charge is 0.141 e. The van der Waals surface area contributed by atoms with Crippen LogP contribution in [0.5, 0.6) is 5.75 Å². The summed E-state index contributed by atoms with van der Waals surface area (Å²) in [5, 5.41) is 0. The van der Waals surface area contributed by atoms with Gasteiger partial charge in [-0.3, -0.25) is 4.79 Å². The average Bonchev–Trinajstić information content (AvgIpc) is 2.15. The predicted octanol–water partition coefficient (Wildman–Crippen LogP) is 2.06. The van der Waals surface area contributed by atoms with Crippen molar-refractivity contribution in [3.05, 3.63) is 29.3 Å². The monoisotopic (exact) mass is 188 g/mol. The number of ether oxygens (including phenoxy) is 1. The van der Waals surface area contributed by atoms with E-state index in [1.165, 1.54) is 0 Å². The number of benzene rings is 1. The summed E-state index contributed by atoms with van der Waals surface area (Å²) in [6.07, 6.45) is 0.706. The topological polar surface area (TPSA) is 26.3 Å². The zero-order chi connectivity index (χ0) is 9.71. The molecule has 2 heteroatoms. The molecule has 0 bridgehead atoms. The SMILES string of the molecule is Cc1cccc2c1OC[C@@H]1CC(=O)[C@H]21. The molecule has 72 valence electrons. The van der Waals surface area contributed by atoms with Crippen LogP contribution in [0.1, 0.15) is 23.5 Å². The molecule has 1 aromatic carbocycles. The Morgan fingerprint density at radius 2 is 2.29 bits per heavy atom. The van der Waals surface area contributed by atoms with Crippen LogP contribution in [0.3, 0.4) is 0 Å². The number of ketones is 1. The first-order chi connectivity index (χ1) is 6.77. The fourth-order valence-electron chi connectivity index (χ4n) is 2.50. The summed E-state index contributed by atoms with van der Waals surface area (Å²) in [6, 6.07) is 6.06. The molecule has 0 unspecified atom stereocenters. The summed E-state index contributed by atoms with van der Waals surface area (Å²) in [5.41, 5.74) is 2.25. The largest absolute Gasteiger partial charge is 0.493 e. The number of rotatable bonds is 0. The first-order valence-corrected chi connectivity index (χ1v) is 5.02. The van der Waals surface area contributed by atoms with Crippen molar-refractivity contribution in [2.75, 3.05) is 6.61 Å². The molecule has 1 aliphatic heterocycles. The summed E-state index contributed by atoms with van der Waals surface area (Å²) < 4.78 is 5.68. The van der Waals surface area contributed by atoms with Crippen LogP contribution in [0.15, 0.2) is 18.2 Å². The molecule has 3 rings (SSSR count). The minimum absolute atomic E-state index is 0.138. The number of carbonyl (C=O) groups is 1. The molecule has 0 spiro atoms. The van der Waals surface area contributed by atoms with Crippen molar-refractivity contribution >= 4 is 5.78 Å². The van der Waals surface area contributed by atoms with Crippen LogP contribution in [0.2, 0.25) is 0 Å². The maximum Gasteiger partial charge on any atom is 0.141 e. The Morgan fingerprint density at radius 3 is 3.07 bits per heavy atom.